The van der Waals surface area contributed by atoms with Gasteiger partial charge in [0.05, 0.1) is 12.7 Å². The molecule has 0 heterocycles. The third-order valence-corrected chi connectivity index (χ3v) is 2.76. The Bertz CT molecular complexity index is 236. The highest BCUT2D eigenvalue weighted by molar-refractivity contribution is 7.90. The quantitative estimate of drug-likeness (QED) is 0.685. The van der Waals surface area contributed by atoms with Crippen LogP contribution in [-0.4, -0.2) is 39.2 Å². The monoisotopic (exact) mass is 223 g/mol. The zero-order valence-corrected chi connectivity index (χ0v) is 10.0. The topological polar surface area (TPSA) is 69.4 Å². The van der Waals surface area contributed by atoms with Crippen LogP contribution < -0.4 is 5.73 Å². The molecule has 1 unspecified atom stereocenters. The summed E-state index contributed by atoms with van der Waals surface area (Å²) >= 11 is 0. The van der Waals surface area contributed by atoms with Gasteiger partial charge in [-0.2, -0.15) is 0 Å². The molecule has 0 saturated carbocycles. The van der Waals surface area contributed by atoms with Crippen molar-refractivity contribution in [3.8, 4) is 0 Å². The molecule has 0 amide bonds. The highest BCUT2D eigenvalue weighted by Crippen LogP contribution is 2.00. The molecule has 0 aromatic heterocycles. The molecule has 0 saturated heterocycles. The maximum Gasteiger partial charge on any atom is 0.147 e. The smallest absolute Gasteiger partial charge is 0.147 e. The lowest BCUT2D eigenvalue weighted by Crippen LogP contribution is -2.28. The van der Waals surface area contributed by atoms with E-state index in [1.165, 1.54) is 6.26 Å². The molecule has 86 valence electrons. The first-order chi connectivity index (χ1) is 6.31. The molecule has 0 spiro atoms. The van der Waals surface area contributed by atoms with Crippen molar-refractivity contribution >= 4 is 9.84 Å². The van der Waals surface area contributed by atoms with Gasteiger partial charge in [0.25, 0.3) is 0 Å². The van der Waals surface area contributed by atoms with Crippen LogP contribution in [0, 0.1) is 0 Å². The highest BCUT2D eigenvalue weighted by Gasteiger charge is 2.07. The summed E-state index contributed by atoms with van der Waals surface area (Å²) in [6.07, 6.45) is 2.72. The minimum Gasteiger partial charge on any atom is -0.377 e. The lowest BCUT2D eigenvalue weighted by atomic mass is 10.2. The zero-order chi connectivity index (χ0) is 11.2. The largest absolute Gasteiger partial charge is 0.377 e. The molecular formula is C9H21NO3S. The molecule has 0 aromatic rings. The van der Waals surface area contributed by atoms with Crippen LogP contribution in [0.1, 0.15) is 26.7 Å². The van der Waals surface area contributed by atoms with Gasteiger partial charge in [-0.05, 0) is 26.7 Å². The summed E-state index contributed by atoms with van der Waals surface area (Å²) in [5.74, 6) is 0.211. The minimum atomic E-state index is -2.85. The van der Waals surface area contributed by atoms with E-state index < -0.39 is 9.84 Å². The summed E-state index contributed by atoms with van der Waals surface area (Å²) in [4.78, 5) is 0. The molecule has 1 atom stereocenters. The first-order valence-electron chi connectivity index (χ1n) is 4.86. The molecule has 0 bridgehead atoms. The van der Waals surface area contributed by atoms with Gasteiger partial charge in [0, 0.05) is 18.1 Å². The molecule has 0 rings (SSSR count). The number of ether oxygens (including phenoxy) is 1. The number of nitrogens with two attached hydrogens (primary N) is 1. The van der Waals surface area contributed by atoms with Crippen molar-refractivity contribution in [2.75, 3.05) is 18.6 Å². The van der Waals surface area contributed by atoms with Crippen LogP contribution in [0.4, 0.5) is 0 Å². The molecular weight excluding hydrogens is 202 g/mol. The van der Waals surface area contributed by atoms with Crippen LogP contribution in [0.25, 0.3) is 0 Å². The van der Waals surface area contributed by atoms with Crippen molar-refractivity contribution in [3.63, 3.8) is 0 Å². The summed E-state index contributed by atoms with van der Waals surface area (Å²) in [5, 5.41) is 0. The van der Waals surface area contributed by atoms with Crippen molar-refractivity contribution < 1.29 is 13.2 Å². The first kappa shape index (κ1) is 13.9. The Kier molecular flexibility index (Phi) is 6.31. The molecule has 0 aliphatic carbocycles. The molecule has 4 nitrogen and oxygen atoms in total. The van der Waals surface area contributed by atoms with Crippen molar-refractivity contribution in [1.82, 2.24) is 0 Å². The Labute approximate surface area is 86.7 Å². The van der Waals surface area contributed by atoms with E-state index in [-0.39, 0.29) is 17.9 Å². The van der Waals surface area contributed by atoms with E-state index in [1.807, 2.05) is 13.8 Å². The summed E-state index contributed by atoms with van der Waals surface area (Å²) in [7, 11) is -2.85. The number of hydrogen-bond donors (Lipinski definition) is 1. The van der Waals surface area contributed by atoms with E-state index in [1.54, 1.807) is 0 Å². The molecule has 0 aliphatic rings. The third kappa shape index (κ3) is 9.95. The second kappa shape index (κ2) is 6.37. The number of sulfone groups is 1. The predicted octanol–water partition coefficient (Wildman–Crippen LogP) is 0.563. The van der Waals surface area contributed by atoms with Crippen LogP contribution in [-0.2, 0) is 14.6 Å². The molecule has 0 radical (unpaired) electrons. The van der Waals surface area contributed by atoms with Crippen LogP contribution in [0.15, 0.2) is 0 Å². The molecule has 0 aromatic carbocycles. The van der Waals surface area contributed by atoms with Gasteiger partial charge in [-0.1, -0.05) is 0 Å². The summed E-state index contributed by atoms with van der Waals surface area (Å²) in [5.41, 5.74) is 5.73. The average Bonchev–Trinajstić information content (AvgIpc) is 1.98. The van der Waals surface area contributed by atoms with Gasteiger partial charge in [-0.25, -0.2) is 8.42 Å². The van der Waals surface area contributed by atoms with Gasteiger partial charge in [0.15, 0.2) is 0 Å². The first-order valence-corrected chi connectivity index (χ1v) is 6.92. The Balaban J connectivity index is 3.50. The fourth-order valence-corrected chi connectivity index (χ4v) is 1.70. The van der Waals surface area contributed by atoms with Gasteiger partial charge in [-0.15, -0.1) is 0 Å². The molecule has 5 heteroatoms. The SMILES string of the molecule is CC(C)OCC(N)CCCS(C)(=O)=O. The summed E-state index contributed by atoms with van der Waals surface area (Å²) in [6.45, 7) is 4.40. The lowest BCUT2D eigenvalue weighted by Gasteiger charge is -2.13. The maximum absolute atomic E-state index is 10.8. The lowest BCUT2D eigenvalue weighted by molar-refractivity contribution is 0.0668. The van der Waals surface area contributed by atoms with Gasteiger partial charge < -0.3 is 10.5 Å². The van der Waals surface area contributed by atoms with E-state index in [0.29, 0.717) is 19.4 Å². The second-order valence-electron chi connectivity index (χ2n) is 3.91. The Morgan fingerprint density at radius 3 is 2.36 bits per heavy atom. The Morgan fingerprint density at radius 1 is 1.36 bits per heavy atom. The van der Waals surface area contributed by atoms with Crippen molar-refractivity contribution in [3.05, 3.63) is 0 Å². The van der Waals surface area contributed by atoms with E-state index in [4.69, 9.17) is 10.5 Å². The normalized spacial score (nSPS) is 14.6. The van der Waals surface area contributed by atoms with E-state index in [0.717, 1.165) is 0 Å². The Hall–Kier alpha value is -0.130. The minimum absolute atomic E-state index is 0.0563. The van der Waals surface area contributed by atoms with Crippen LogP contribution >= 0.6 is 0 Å². The fraction of sp³-hybridized carbons (Fsp3) is 1.00. The average molecular weight is 223 g/mol. The maximum atomic E-state index is 10.8. The molecule has 0 aliphatic heterocycles. The number of hydrogen-bond acceptors (Lipinski definition) is 4. The van der Waals surface area contributed by atoms with Crippen LogP contribution in [0.5, 0.6) is 0 Å². The van der Waals surface area contributed by atoms with Crippen LogP contribution in [0.2, 0.25) is 0 Å². The van der Waals surface area contributed by atoms with Gasteiger partial charge in [0.2, 0.25) is 0 Å². The second-order valence-corrected chi connectivity index (χ2v) is 6.17. The van der Waals surface area contributed by atoms with Crippen LogP contribution in [0.3, 0.4) is 0 Å². The van der Waals surface area contributed by atoms with E-state index >= 15 is 0 Å². The van der Waals surface area contributed by atoms with Gasteiger partial charge >= 0.3 is 0 Å². The summed E-state index contributed by atoms with van der Waals surface area (Å²) in [6, 6.07) is -0.0563. The van der Waals surface area contributed by atoms with Gasteiger partial charge in [-0.3, -0.25) is 0 Å². The standard InChI is InChI=1S/C9H21NO3S/c1-8(2)13-7-9(10)5-4-6-14(3,11)12/h8-9H,4-7,10H2,1-3H3. The molecule has 14 heavy (non-hydrogen) atoms. The highest BCUT2D eigenvalue weighted by atomic mass is 32.2. The summed E-state index contributed by atoms with van der Waals surface area (Å²) < 4.78 is 26.9. The van der Waals surface area contributed by atoms with E-state index in [9.17, 15) is 8.42 Å². The van der Waals surface area contributed by atoms with Crippen molar-refractivity contribution in [1.29, 1.82) is 0 Å². The zero-order valence-electron chi connectivity index (χ0n) is 9.19. The molecule has 0 fully saturated rings. The van der Waals surface area contributed by atoms with E-state index in [2.05, 4.69) is 0 Å². The van der Waals surface area contributed by atoms with Crippen molar-refractivity contribution in [2.24, 2.45) is 5.73 Å². The van der Waals surface area contributed by atoms with Crippen molar-refractivity contribution in [2.45, 2.75) is 38.8 Å². The third-order valence-electron chi connectivity index (χ3n) is 1.73. The fourth-order valence-electron chi connectivity index (χ4n) is 1.01. The Morgan fingerprint density at radius 2 is 1.93 bits per heavy atom. The van der Waals surface area contributed by atoms with Gasteiger partial charge in [0.1, 0.15) is 9.84 Å². The predicted molar refractivity (Wildman–Crippen MR) is 58.0 cm³/mol. The molecule has 2 N–H and O–H groups in total. The number of rotatable bonds is 7.